The molecule has 0 saturated carbocycles. The third-order valence-electron chi connectivity index (χ3n) is 2.56. The minimum Gasteiger partial charge on any atom is -0.494 e. The van der Waals surface area contributed by atoms with Crippen LogP contribution in [0, 0.1) is 0 Å². The largest absolute Gasteiger partial charge is 0.494 e. The SMILES string of the molecule is CCOc1ccc(OCC)c(Nc2ncncc2N)c1. The molecule has 0 atom stereocenters. The lowest BCUT2D eigenvalue weighted by molar-refractivity contribution is 0.332. The topological polar surface area (TPSA) is 82.3 Å². The fourth-order valence-corrected chi connectivity index (χ4v) is 1.72. The number of nitrogens with two attached hydrogens (primary N) is 1. The molecule has 0 aliphatic rings. The maximum absolute atomic E-state index is 5.83. The first kappa shape index (κ1) is 13.9. The maximum Gasteiger partial charge on any atom is 0.157 e. The summed E-state index contributed by atoms with van der Waals surface area (Å²) >= 11 is 0. The zero-order valence-corrected chi connectivity index (χ0v) is 11.6. The zero-order chi connectivity index (χ0) is 14.4. The molecule has 1 aromatic heterocycles. The molecule has 1 aromatic carbocycles. The van der Waals surface area contributed by atoms with E-state index in [1.165, 1.54) is 6.33 Å². The van der Waals surface area contributed by atoms with Crippen LogP contribution in [0.5, 0.6) is 11.5 Å². The van der Waals surface area contributed by atoms with Crippen LogP contribution in [-0.2, 0) is 0 Å². The number of nitrogen functional groups attached to an aromatic ring is 1. The molecule has 0 aliphatic heterocycles. The Kier molecular flexibility index (Phi) is 4.60. The van der Waals surface area contributed by atoms with Gasteiger partial charge in [0.2, 0.25) is 0 Å². The normalized spacial score (nSPS) is 10.1. The highest BCUT2D eigenvalue weighted by molar-refractivity contribution is 5.72. The van der Waals surface area contributed by atoms with Crippen molar-refractivity contribution in [1.29, 1.82) is 0 Å². The van der Waals surface area contributed by atoms with E-state index in [1.807, 2.05) is 32.0 Å². The molecule has 106 valence electrons. The Morgan fingerprint density at radius 3 is 2.70 bits per heavy atom. The van der Waals surface area contributed by atoms with E-state index in [0.717, 1.165) is 11.4 Å². The van der Waals surface area contributed by atoms with Crippen LogP contribution in [0.3, 0.4) is 0 Å². The Morgan fingerprint density at radius 2 is 2.00 bits per heavy atom. The van der Waals surface area contributed by atoms with Crippen molar-refractivity contribution in [2.75, 3.05) is 24.3 Å². The molecular weight excluding hydrogens is 256 g/mol. The molecule has 0 amide bonds. The van der Waals surface area contributed by atoms with Gasteiger partial charge in [-0.15, -0.1) is 0 Å². The summed E-state index contributed by atoms with van der Waals surface area (Å²) in [6.07, 6.45) is 2.98. The summed E-state index contributed by atoms with van der Waals surface area (Å²) in [5, 5.41) is 3.14. The Balaban J connectivity index is 2.32. The number of ether oxygens (including phenoxy) is 2. The molecule has 0 aliphatic carbocycles. The van der Waals surface area contributed by atoms with Crippen LogP contribution in [-0.4, -0.2) is 23.2 Å². The summed E-state index contributed by atoms with van der Waals surface area (Å²) in [6.45, 7) is 5.04. The van der Waals surface area contributed by atoms with E-state index in [0.29, 0.717) is 30.5 Å². The van der Waals surface area contributed by atoms with Gasteiger partial charge in [-0.05, 0) is 26.0 Å². The molecule has 2 rings (SSSR count). The van der Waals surface area contributed by atoms with Gasteiger partial charge in [-0.25, -0.2) is 9.97 Å². The fourth-order valence-electron chi connectivity index (χ4n) is 1.72. The number of hydrogen-bond donors (Lipinski definition) is 2. The highest BCUT2D eigenvalue weighted by Gasteiger charge is 2.08. The average molecular weight is 274 g/mol. The van der Waals surface area contributed by atoms with Gasteiger partial charge in [0.15, 0.2) is 5.82 Å². The number of aromatic nitrogens is 2. The summed E-state index contributed by atoms with van der Waals surface area (Å²) in [4.78, 5) is 7.97. The van der Waals surface area contributed by atoms with E-state index < -0.39 is 0 Å². The van der Waals surface area contributed by atoms with Crippen LogP contribution in [0.15, 0.2) is 30.7 Å². The zero-order valence-electron chi connectivity index (χ0n) is 11.6. The second-order valence-electron chi connectivity index (χ2n) is 3.98. The molecule has 20 heavy (non-hydrogen) atoms. The molecule has 0 radical (unpaired) electrons. The first-order chi connectivity index (χ1) is 9.74. The number of anilines is 3. The van der Waals surface area contributed by atoms with Crippen molar-refractivity contribution in [3.63, 3.8) is 0 Å². The molecule has 6 nitrogen and oxygen atoms in total. The van der Waals surface area contributed by atoms with Crippen molar-refractivity contribution in [3.8, 4) is 11.5 Å². The van der Waals surface area contributed by atoms with Crippen molar-refractivity contribution in [3.05, 3.63) is 30.7 Å². The van der Waals surface area contributed by atoms with Crippen molar-refractivity contribution in [1.82, 2.24) is 9.97 Å². The molecule has 6 heteroatoms. The minimum atomic E-state index is 0.469. The van der Waals surface area contributed by atoms with Crippen LogP contribution >= 0.6 is 0 Å². The average Bonchev–Trinajstić information content (AvgIpc) is 2.45. The van der Waals surface area contributed by atoms with E-state index in [9.17, 15) is 0 Å². The van der Waals surface area contributed by atoms with Crippen molar-refractivity contribution in [2.45, 2.75) is 13.8 Å². The van der Waals surface area contributed by atoms with Gasteiger partial charge in [-0.1, -0.05) is 0 Å². The quantitative estimate of drug-likeness (QED) is 0.842. The van der Waals surface area contributed by atoms with Gasteiger partial charge in [-0.3, -0.25) is 0 Å². The molecule has 0 bridgehead atoms. The molecule has 2 aromatic rings. The number of nitrogens with one attached hydrogen (secondary N) is 1. The molecule has 3 N–H and O–H groups in total. The molecule has 0 spiro atoms. The Bertz CT molecular complexity index is 575. The lowest BCUT2D eigenvalue weighted by Crippen LogP contribution is -2.03. The standard InChI is InChI=1S/C14H18N4O2/c1-3-19-10-5-6-13(20-4-2)12(7-10)18-14-11(15)8-16-9-17-14/h5-9H,3-4,15H2,1-2H3,(H,16,17,18). The lowest BCUT2D eigenvalue weighted by Gasteiger charge is -2.14. The van der Waals surface area contributed by atoms with Gasteiger partial charge in [-0.2, -0.15) is 0 Å². The second kappa shape index (κ2) is 6.60. The molecular formula is C14H18N4O2. The van der Waals surface area contributed by atoms with Gasteiger partial charge in [0.1, 0.15) is 17.8 Å². The van der Waals surface area contributed by atoms with E-state index in [1.54, 1.807) is 6.20 Å². The van der Waals surface area contributed by atoms with Crippen LogP contribution in [0.25, 0.3) is 0 Å². The highest BCUT2D eigenvalue weighted by Crippen LogP contribution is 2.32. The predicted octanol–water partition coefficient (Wildman–Crippen LogP) is 2.60. The fraction of sp³-hybridized carbons (Fsp3) is 0.286. The lowest BCUT2D eigenvalue weighted by atomic mass is 10.2. The van der Waals surface area contributed by atoms with Gasteiger partial charge in [0.25, 0.3) is 0 Å². The van der Waals surface area contributed by atoms with Crippen molar-refractivity contribution in [2.24, 2.45) is 0 Å². The highest BCUT2D eigenvalue weighted by atomic mass is 16.5. The van der Waals surface area contributed by atoms with E-state index in [4.69, 9.17) is 15.2 Å². The summed E-state index contributed by atoms with van der Waals surface area (Å²) in [5.74, 6) is 2.01. The molecule has 0 saturated heterocycles. The van der Waals surface area contributed by atoms with E-state index >= 15 is 0 Å². The van der Waals surface area contributed by atoms with E-state index in [-0.39, 0.29) is 0 Å². The first-order valence-electron chi connectivity index (χ1n) is 6.46. The van der Waals surface area contributed by atoms with Crippen molar-refractivity contribution >= 4 is 17.2 Å². The van der Waals surface area contributed by atoms with Crippen molar-refractivity contribution < 1.29 is 9.47 Å². The smallest absolute Gasteiger partial charge is 0.157 e. The molecule has 0 fully saturated rings. The van der Waals surface area contributed by atoms with Crippen LogP contribution in [0.2, 0.25) is 0 Å². The predicted molar refractivity (Wildman–Crippen MR) is 78.5 cm³/mol. The Morgan fingerprint density at radius 1 is 1.20 bits per heavy atom. The van der Waals surface area contributed by atoms with Gasteiger partial charge in [0, 0.05) is 6.07 Å². The number of nitrogens with zero attached hydrogens (tertiary/aromatic N) is 2. The molecule has 0 unspecified atom stereocenters. The molecule has 1 heterocycles. The van der Waals surface area contributed by atoms with Gasteiger partial charge < -0.3 is 20.5 Å². The summed E-state index contributed by atoms with van der Waals surface area (Å²) in [7, 11) is 0. The third-order valence-corrected chi connectivity index (χ3v) is 2.56. The third kappa shape index (κ3) is 3.28. The van der Waals surface area contributed by atoms with E-state index in [2.05, 4.69) is 15.3 Å². The minimum absolute atomic E-state index is 0.469. The Labute approximate surface area is 118 Å². The number of hydrogen-bond acceptors (Lipinski definition) is 6. The summed E-state index contributed by atoms with van der Waals surface area (Å²) in [5.41, 5.74) is 7.05. The first-order valence-corrected chi connectivity index (χ1v) is 6.46. The van der Waals surface area contributed by atoms with Crippen LogP contribution < -0.4 is 20.5 Å². The maximum atomic E-state index is 5.83. The summed E-state index contributed by atoms with van der Waals surface area (Å²) in [6, 6.07) is 5.58. The number of benzene rings is 1. The second-order valence-corrected chi connectivity index (χ2v) is 3.98. The number of rotatable bonds is 6. The monoisotopic (exact) mass is 274 g/mol. The van der Waals surface area contributed by atoms with Gasteiger partial charge >= 0.3 is 0 Å². The van der Waals surface area contributed by atoms with Gasteiger partial charge in [0.05, 0.1) is 30.8 Å². The van der Waals surface area contributed by atoms with Crippen LogP contribution in [0.4, 0.5) is 17.2 Å². The summed E-state index contributed by atoms with van der Waals surface area (Å²) < 4.78 is 11.1. The van der Waals surface area contributed by atoms with Crippen LogP contribution in [0.1, 0.15) is 13.8 Å². The Hall–Kier alpha value is -2.50.